The van der Waals surface area contributed by atoms with Crippen LogP contribution >= 0.6 is 23.2 Å². The lowest BCUT2D eigenvalue weighted by molar-refractivity contribution is -0.114. The fraction of sp³-hybridized carbons (Fsp3) is 0.0455. The maximum absolute atomic E-state index is 12.9. The van der Waals surface area contributed by atoms with Gasteiger partial charge in [0.05, 0.1) is 32.6 Å². The molecule has 2 heterocycles. The molecule has 1 aliphatic heterocycles. The number of benzene rings is 2. The van der Waals surface area contributed by atoms with E-state index in [-0.39, 0.29) is 10.6 Å². The molecule has 0 radical (unpaired) electrons. The van der Waals surface area contributed by atoms with Crippen molar-refractivity contribution < 1.29 is 19.1 Å². The molecule has 0 bridgehead atoms. The van der Waals surface area contributed by atoms with Crippen LogP contribution in [0, 0.1) is 0 Å². The number of hydrogen-bond acceptors (Lipinski definition) is 4. The number of halogens is 2. The van der Waals surface area contributed by atoms with Gasteiger partial charge in [-0.15, -0.1) is 0 Å². The van der Waals surface area contributed by atoms with Gasteiger partial charge in [-0.3, -0.25) is 4.79 Å². The number of amides is 1. The summed E-state index contributed by atoms with van der Waals surface area (Å²) in [5, 5.41) is 15.3. The molecule has 0 fully saturated rings. The van der Waals surface area contributed by atoms with E-state index in [1.807, 2.05) is 18.2 Å². The van der Waals surface area contributed by atoms with E-state index < -0.39 is 11.9 Å². The zero-order valence-corrected chi connectivity index (χ0v) is 17.1. The molecule has 0 unspecified atom stereocenters. The van der Waals surface area contributed by atoms with Crippen molar-refractivity contribution >= 4 is 52.6 Å². The molecule has 0 aliphatic carbocycles. The van der Waals surface area contributed by atoms with E-state index >= 15 is 0 Å². The number of anilines is 1. The molecule has 0 saturated heterocycles. The van der Waals surface area contributed by atoms with Crippen LogP contribution < -0.4 is 5.01 Å². The Morgan fingerprint density at radius 2 is 1.87 bits per heavy atom. The number of rotatable bonds is 4. The molecule has 4 rings (SSSR count). The molecule has 8 heteroatoms. The first-order valence-electron chi connectivity index (χ1n) is 8.84. The number of carbonyl (C=O) groups excluding carboxylic acids is 1. The monoisotopic (exact) mass is 440 g/mol. The normalized spacial score (nSPS) is 15.0. The summed E-state index contributed by atoms with van der Waals surface area (Å²) >= 11 is 12.1. The van der Waals surface area contributed by atoms with E-state index in [9.17, 15) is 14.7 Å². The van der Waals surface area contributed by atoms with Gasteiger partial charge in [0.2, 0.25) is 0 Å². The second-order valence-electron chi connectivity index (χ2n) is 6.51. The third-order valence-electron chi connectivity index (χ3n) is 4.54. The van der Waals surface area contributed by atoms with E-state index in [1.54, 1.807) is 31.2 Å². The van der Waals surface area contributed by atoms with E-state index in [4.69, 9.17) is 27.6 Å². The topological polar surface area (TPSA) is 83.1 Å². The minimum absolute atomic E-state index is 0.0806. The average Bonchev–Trinajstić information content (AvgIpc) is 3.29. The van der Waals surface area contributed by atoms with Gasteiger partial charge in [-0.1, -0.05) is 35.3 Å². The van der Waals surface area contributed by atoms with Crippen LogP contribution in [0.5, 0.6) is 0 Å². The Labute approximate surface area is 181 Å². The fourth-order valence-electron chi connectivity index (χ4n) is 3.05. The number of nitrogens with zero attached hydrogens (tertiary/aromatic N) is 2. The Hall–Kier alpha value is -3.35. The Balaban J connectivity index is 1.65. The Kier molecular flexibility index (Phi) is 5.20. The lowest BCUT2D eigenvalue weighted by Crippen LogP contribution is -2.21. The summed E-state index contributed by atoms with van der Waals surface area (Å²) < 4.78 is 5.83. The molecule has 1 aromatic heterocycles. The lowest BCUT2D eigenvalue weighted by Gasteiger charge is -2.12. The Morgan fingerprint density at radius 3 is 2.60 bits per heavy atom. The summed E-state index contributed by atoms with van der Waals surface area (Å²) in [6.45, 7) is 1.69. The summed E-state index contributed by atoms with van der Waals surface area (Å²) in [4.78, 5) is 24.2. The maximum atomic E-state index is 12.9. The highest BCUT2D eigenvalue weighted by Crippen LogP contribution is 2.31. The van der Waals surface area contributed by atoms with Gasteiger partial charge in [-0.2, -0.15) is 10.1 Å². The van der Waals surface area contributed by atoms with Gasteiger partial charge in [-0.05, 0) is 55.5 Å². The molecule has 2 aromatic carbocycles. The highest BCUT2D eigenvalue weighted by atomic mass is 35.5. The summed E-state index contributed by atoms with van der Waals surface area (Å²) in [5.74, 6) is -0.547. The molecule has 0 saturated carbocycles. The molecule has 1 aliphatic rings. The van der Waals surface area contributed by atoms with Crippen LogP contribution in [0.1, 0.15) is 23.0 Å². The molecule has 0 atom stereocenters. The van der Waals surface area contributed by atoms with Crippen molar-refractivity contribution in [2.45, 2.75) is 6.92 Å². The Bertz CT molecular complexity index is 1240. The maximum Gasteiger partial charge on any atom is 0.337 e. The number of carboxylic acid groups (broad SMARTS) is 1. The summed E-state index contributed by atoms with van der Waals surface area (Å²) in [6.07, 6.45) is 1.59. The van der Waals surface area contributed by atoms with Gasteiger partial charge in [0.15, 0.2) is 0 Å². The predicted octanol–water partition coefficient (Wildman–Crippen LogP) is 5.76. The lowest BCUT2D eigenvalue weighted by atomic mass is 10.1. The molecular weight excluding hydrogens is 427 g/mol. The third-order valence-corrected chi connectivity index (χ3v) is 5.20. The van der Waals surface area contributed by atoms with Crippen LogP contribution in [-0.2, 0) is 4.79 Å². The van der Waals surface area contributed by atoms with E-state index in [2.05, 4.69) is 5.10 Å². The number of carboxylic acids is 1. The van der Waals surface area contributed by atoms with Crippen LogP contribution in [0.25, 0.3) is 17.4 Å². The second kappa shape index (κ2) is 7.82. The van der Waals surface area contributed by atoms with Crippen molar-refractivity contribution in [1.82, 2.24) is 0 Å². The van der Waals surface area contributed by atoms with Crippen LogP contribution in [0.3, 0.4) is 0 Å². The van der Waals surface area contributed by atoms with Gasteiger partial charge >= 0.3 is 5.97 Å². The zero-order valence-electron chi connectivity index (χ0n) is 15.6. The van der Waals surface area contributed by atoms with E-state index in [0.717, 1.165) is 10.6 Å². The minimum atomic E-state index is -1.19. The summed E-state index contributed by atoms with van der Waals surface area (Å²) in [5.41, 5.74) is 1.75. The average molecular weight is 441 g/mol. The van der Waals surface area contributed by atoms with Crippen LogP contribution in [0.15, 0.2) is 69.7 Å². The molecule has 3 aromatic rings. The van der Waals surface area contributed by atoms with Crippen LogP contribution in [0.4, 0.5) is 5.69 Å². The summed E-state index contributed by atoms with van der Waals surface area (Å²) in [6, 6.07) is 15.1. The van der Waals surface area contributed by atoms with Gasteiger partial charge in [0.1, 0.15) is 11.5 Å². The smallest absolute Gasteiger partial charge is 0.337 e. The first-order valence-corrected chi connectivity index (χ1v) is 9.60. The number of hydrogen-bond donors (Lipinski definition) is 1. The van der Waals surface area contributed by atoms with Crippen LogP contribution in [-0.4, -0.2) is 22.7 Å². The third kappa shape index (κ3) is 3.63. The van der Waals surface area contributed by atoms with Crippen LogP contribution in [0.2, 0.25) is 10.0 Å². The number of aromatic carboxylic acids is 1. The van der Waals surface area contributed by atoms with Crippen molar-refractivity contribution in [2.24, 2.45) is 5.10 Å². The van der Waals surface area contributed by atoms with Crippen molar-refractivity contribution in [3.63, 3.8) is 0 Å². The van der Waals surface area contributed by atoms with Crippen molar-refractivity contribution in [2.75, 3.05) is 5.01 Å². The molecule has 150 valence electrons. The van der Waals surface area contributed by atoms with Crippen molar-refractivity contribution in [3.8, 4) is 11.3 Å². The number of carbonyl (C=O) groups is 2. The molecule has 1 N–H and O–H groups in total. The largest absolute Gasteiger partial charge is 0.478 e. The van der Waals surface area contributed by atoms with Gasteiger partial charge in [-0.25, -0.2) is 4.79 Å². The number of furan rings is 1. The van der Waals surface area contributed by atoms with Gasteiger partial charge in [0.25, 0.3) is 5.91 Å². The highest BCUT2D eigenvalue weighted by Gasteiger charge is 2.30. The number of hydrazone groups is 1. The first-order chi connectivity index (χ1) is 14.3. The van der Waals surface area contributed by atoms with Gasteiger partial charge < -0.3 is 9.52 Å². The molecule has 30 heavy (non-hydrogen) atoms. The van der Waals surface area contributed by atoms with E-state index in [1.165, 1.54) is 18.2 Å². The predicted molar refractivity (Wildman–Crippen MR) is 116 cm³/mol. The molecular formula is C22H14Cl2N2O4. The minimum Gasteiger partial charge on any atom is -0.478 e. The second-order valence-corrected chi connectivity index (χ2v) is 7.33. The van der Waals surface area contributed by atoms with Crippen molar-refractivity contribution in [1.29, 1.82) is 0 Å². The Morgan fingerprint density at radius 1 is 1.10 bits per heavy atom. The SMILES string of the molecule is CC1=NN(c2ccc(Cl)c(C(=O)O)c2)C(=O)/C1=C/c1ccc(-c2ccccc2Cl)o1. The zero-order chi connectivity index (χ0) is 21.4. The summed E-state index contributed by atoms with van der Waals surface area (Å²) in [7, 11) is 0. The standard InChI is InChI=1S/C22H14Cl2N2O4/c1-12-16(11-14-7-9-20(30-14)15-4-2-3-5-18(15)23)21(27)26(25-12)13-6-8-19(24)17(10-13)22(28)29/h2-11H,1H3,(H,28,29)/b16-11+. The molecule has 1 amide bonds. The van der Waals surface area contributed by atoms with Gasteiger partial charge in [0, 0.05) is 5.56 Å². The molecule has 6 nitrogen and oxygen atoms in total. The fourth-order valence-corrected chi connectivity index (χ4v) is 3.47. The van der Waals surface area contributed by atoms with E-state index in [0.29, 0.717) is 33.5 Å². The van der Waals surface area contributed by atoms with Crippen molar-refractivity contribution in [3.05, 3.63) is 81.5 Å². The quantitative estimate of drug-likeness (QED) is 0.522. The highest BCUT2D eigenvalue weighted by molar-refractivity contribution is 6.34. The first kappa shape index (κ1) is 19.9. The molecule has 0 spiro atoms.